The number of rotatable bonds is 3. The Kier molecular flexibility index (Phi) is 4.17. The van der Waals surface area contributed by atoms with Crippen molar-refractivity contribution in [2.75, 3.05) is 11.5 Å². The first-order valence-electron chi connectivity index (χ1n) is 4.44. The van der Waals surface area contributed by atoms with Crippen LogP contribution in [0.25, 0.3) is 0 Å². The Labute approximate surface area is 93.3 Å². The molecule has 0 atom stereocenters. The van der Waals surface area contributed by atoms with Crippen molar-refractivity contribution in [3.8, 4) is 0 Å². The molecule has 0 fully saturated rings. The molecule has 3 N–H and O–H groups in total. The minimum absolute atomic E-state index is 0.210. The van der Waals surface area contributed by atoms with Gasteiger partial charge in [-0.1, -0.05) is 12.1 Å². The van der Waals surface area contributed by atoms with Crippen LogP contribution in [0.3, 0.4) is 0 Å². The minimum atomic E-state index is -0.472. The zero-order valence-electron chi connectivity index (χ0n) is 8.06. The molecule has 0 radical (unpaired) electrons. The topological polar surface area (TPSA) is 72.2 Å². The third-order valence-electron chi connectivity index (χ3n) is 1.80. The lowest BCUT2D eigenvalue weighted by atomic mass is 10.1. The van der Waals surface area contributed by atoms with Crippen molar-refractivity contribution in [2.45, 2.75) is 6.42 Å². The fraction of sp³-hybridized carbons (Fsp3) is 0.200. The Balaban J connectivity index is 2.70. The fourth-order valence-electron chi connectivity index (χ4n) is 1.06. The van der Waals surface area contributed by atoms with Crippen LogP contribution in [0, 0.1) is 0 Å². The number of anilines is 1. The number of hydrogen-bond acceptors (Lipinski definition) is 4. The summed E-state index contributed by atoms with van der Waals surface area (Å²) in [5, 5.41) is 2.23. The van der Waals surface area contributed by atoms with Crippen molar-refractivity contribution in [1.29, 1.82) is 0 Å². The van der Waals surface area contributed by atoms with Gasteiger partial charge in [0.05, 0.1) is 5.56 Å². The van der Waals surface area contributed by atoms with Gasteiger partial charge in [-0.2, -0.15) is 12.6 Å². The summed E-state index contributed by atoms with van der Waals surface area (Å²) >= 11 is 3.89. The smallest absolute Gasteiger partial charge is 0.259 e. The van der Waals surface area contributed by atoms with Crippen molar-refractivity contribution >= 4 is 30.1 Å². The van der Waals surface area contributed by atoms with Crippen molar-refractivity contribution in [3.63, 3.8) is 0 Å². The molecule has 0 heterocycles. The summed E-state index contributed by atoms with van der Waals surface area (Å²) in [6, 6.07) is 6.59. The summed E-state index contributed by atoms with van der Waals surface area (Å²) < 4.78 is 0. The predicted octanol–water partition coefficient (Wildman–Crippen LogP) is 0.845. The lowest BCUT2D eigenvalue weighted by Gasteiger charge is -2.05. The zero-order chi connectivity index (χ0) is 11.3. The molecule has 0 bridgehead atoms. The molecule has 4 nitrogen and oxygen atoms in total. The number of imide groups is 1. The Morgan fingerprint density at radius 3 is 2.60 bits per heavy atom. The highest BCUT2D eigenvalue weighted by Crippen LogP contribution is 2.09. The van der Waals surface area contributed by atoms with E-state index in [2.05, 4.69) is 17.9 Å². The third-order valence-corrected chi connectivity index (χ3v) is 2.02. The van der Waals surface area contributed by atoms with Crippen LogP contribution >= 0.6 is 12.6 Å². The van der Waals surface area contributed by atoms with E-state index < -0.39 is 5.91 Å². The van der Waals surface area contributed by atoms with Gasteiger partial charge in [-0.25, -0.2) is 0 Å². The van der Waals surface area contributed by atoms with Crippen LogP contribution in [0.1, 0.15) is 16.8 Å². The van der Waals surface area contributed by atoms with Gasteiger partial charge in [0.25, 0.3) is 5.91 Å². The molecular formula is C10H12N2O2S. The van der Waals surface area contributed by atoms with Crippen LogP contribution in [0.2, 0.25) is 0 Å². The van der Waals surface area contributed by atoms with Gasteiger partial charge < -0.3 is 5.73 Å². The van der Waals surface area contributed by atoms with Gasteiger partial charge in [-0.05, 0) is 17.9 Å². The van der Waals surface area contributed by atoms with Gasteiger partial charge in [0.1, 0.15) is 0 Å². The summed E-state index contributed by atoms with van der Waals surface area (Å²) in [5.74, 6) is -0.415. The van der Waals surface area contributed by atoms with Crippen LogP contribution in [0.4, 0.5) is 5.69 Å². The lowest BCUT2D eigenvalue weighted by Crippen LogP contribution is -2.31. The van der Waals surface area contributed by atoms with Gasteiger partial charge >= 0.3 is 0 Å². The van der Waals surface area contributed by atoms with E-state index in [1.54, 1.807) is 24.3 Å². The molecule has 5 heteroatoms. The number of hydrogen-bond donors (Lipinski definition) is 3. The lowest BCUT2D eigenvalue weighted by molar-refractivity contribution is -0.119. The molecule has 1 rings (SSSR count). The SMILES string of the molecule is Nc1ccccc1C(=O)NC(=O)CCS. The number of carbonyl (C=O) groups excluding carboxylic acids is 2. The standard InChI is InChI=1S/C10H12N2O2S/c11-8-4-2-1-3-7(8)10(14)12-9(13)5-6-15/h1-4,15H,5-6,11H2,(H,12,13,14). The van der Waals surface area contributed by atoms with Crippen LogP contribution < -0.4 is 11.1 Å². The van der Waals surface area contributed by atoms with Crippen molar-refractivity contribution in [1.82, 2.24) is 5.32 Å². The first kappa shape index (κ1) is 11.6. The van der Waals surface area contributed by atoms with Gasteiger partial charge in [-0.15, -0.1) is 0 Å². The summed E-state index contributed by atoms with van der Waals surface area (Å²) in [6.07, 6.45) is 0.210. The molecular weight excluding hydrogens is 212 g/mol. The van der Waals surface area contributed by atoms with E-state index in [9.17, 15) is 9.59 Å². The number of benzene rings is 1. The number of carbonyl (C=O) groups is 2. The van der Waals surface area contributed by atoms with Gasteiger partial charge in [0.2, 0.25) is 5.91 Å². The molecule has 0 unspecified atom stereocenters. The zero-order valence-corrected chi connectivity index (χ0v) is 8.96. The Morgan fingerprint density at radius 1 is 1.33 bits per heavy atom. The summed E-state index contributed by atoms with van der Waals surface area (Å²) in [6.45, 7) is 0. The maximum absolute atomic E-state index is 11.5. The Morgan fingerprint density at radius 2 is 2.00 bits per heavy atom. The maximum atomic E-state index is 11.5. The number of nitrogen functional groups attached to an aromatic ring is 1. The fourth-order valence-corrected chi connectivity index (χ4v) is 1.26. The Hall–Kier alpha value is -1.49. The summed E-state index contributed by atoms with van der Waals surface area (Å²) in [4.78, 5) is 22.6. The molecule has 0 saturated heterocycles. The van der Waals surface area contributed by atoms with Crippen LogP contribution in [0.15, 0.2) is 24.3 Å². The summed E-state index contributed by atoms with van der Waals surface area (Å²) in [7, 11) is 0. The highest BCUT2D eigenvalue weighted by molar-refractivity contribution is 7.80. The number of thiol groups is 1. The quantitative estimate of drug-likeness (QED) is 0.526. The highest BCUT2D eigenvalue weighted by Gasteiger charge is 2.11. The van der Waals surface area contributed by atoms with Gasteiger partial charge in [-0.3, -0.25) is 14.9 Å². The molecule has 1 aromatic rings. The average molecular weight is 224 g/mol. The number of nitrogens with two attached hydrogens (primary N) is 1. The van der Waals surface area contributed by atoms with Crippen LogP contribution in [-0.2, 0) is 4.79 Å². The van der Waals surface area contributed by atoms with Crippen molar-refractivity contribution in [3.05, 3.63) is 29.8 Å². The maximum Gasteiger partial charge on any atom is 0.259 e. The normalized spacial score (nSPS) is 9.67. The van der Waals surface area contributed by atoms with Gasteiger partial charge in [0.15, 0.2) is 0 Å². The molecule has 15 heavy (non-hydrogen) atoms. The molecule has 0 spiro atoms. The monoisotopic (exact) mass is 224 g/mol. The molecule has 0 aliphatic carbocycles. The second-order valence-electron chi connectivity index (χ2n) is 2.94. The second kappa shape index (κ2) is 5.41. The second-order valence-corrected chi connectivity index (χ2v) is 3.39. The van der Waals surface area contributed by atoms with Crippen LogP contribution in [0.5, 0.6) is 0 Å². The first-order valence-corrected chi connectivity index (χ1v) is 5.08. The minimum Gasteiger partial charge on any atom is -0.398 e. The number of nitrogens with one attached hydrogen (secondary N) is 1. The van der Waals surface area contributed by atoms with E-state index in [0.717, 1.165) is 0 Å². The van der Waals surface area contributed by atoms with E-state index in [-0.39, 0.29) is 12.3 Å². The van der Waals surface area contributed by atoms with E-state index in [4.69, 9.17) is 5.73 Å². The molecule has 0 saturated carbocycles. The molecule has 80 valence electrons. The number of para-hydroxylation sites is 1. The van der Waals surface area contributed by atoms with Crippen molar-refractivity contribution < 1.29 is 9.59 Å². The molecule has 0 aliphatic rings. The molecule has 0 aliphatic heterocycles. The molecule has 1 aromatic carbocycles. The van der Waals surface area contributed by atoms with E-state index in [1.165, 1.54) is 0 Å². The van der Waals surface area contributed by atoms with E-state index >= 15 is 0 Å². The van der Waals surface area contributed by atoms with E-state index in [1.807, 2.05) is 0 Å². The van der Waals surface area contributed by atoms with Crippen molar-refractivity contribution in [2.24, 2.45) is 0 Å². The molecule has 2 amide bonds. The Bertz CT molecular complexity index is 379. The first-order chi connectivity index (χ1) is 7.15. The summed E-state index contributed by atoms with van der Waals surface area (Å²) in [5.41, 5.74) is 6.25. The largest absolute Gasteiger partial charge is 0.398 e. The third kappa shape index (κ3) is 3.28. The van der Waals surface area contributed by atoms with E-state index in [0.29, 0.717) is 17.0 Å². The highest BCUT2D eigenvalue weighted by atomic mass is 32.1. The molecule has 0 aromatic heterocycles. The van der Waals surface area contributed by atoms with Crippen LogP contribution in [-0.4, -0.2) is 17.6 Å². The number of amides is 2. The predicted molar refractivity (Wildman–Crippen MR) is 61.8 cm³/mol. The average Bonchev–Trinajstić information content (AvgIpc) is 2.18. The van der Waals surface area contributed by atoms with Gasteiger partial charge in [0, 0.05) is 12.1 Å².